The van der Waals surface area contributed by atoms with E-state index in [1.54, 1.807) is 19.0 Å². The van der Waals surface area contributed by atoms with Crippen molar-refractivity contribution >= 4 is 21.8 Å². The van der Waals surface area contributed by atoms with Crippen molar-refractivity contribution in [2.45, 2.75) is 25.1 Å². The van der Waals surface area contributed by atoms with Gasteiger partial charge in [-0.15, -0.1) is 0 Å². The molecule has 2 nitrogen and oxygen atoms in total. The smallest absolute Gasteiger partial charge is 0.235 e. The standard InChI is InChI=1S/C8H16BrNO/c1-6(2)5-7(9)8(11)10(3)4/h6-7H,5H2,1-4H3/t7-/m1/s1. The number of halogens is 1. The van der Waals surface area contributed by atoms with Crippen LogP contribution in [0.25, 0.3) is 0 Å². The highest BCUT2D eigenvalue weighted by molar-refractivity contribution is 9.10. The van der Waals surface area contributed by atoms with Crippen molar-refractivity contribution in [2.75, 3.05) is 14.1 Å². The van der Waals surface area contributed by atoms with Crippen LogP contribution in [0.2, 0.25) is 0 Å². The average molecular weight is 222 g/mol. The van der Waals surface area contributed by atoms with Gasteiger partial charge in [0.15, 0.2) is 0 Å². The fourth-order valence-corrected chi connectivity index (χ4v) is 1.95. The van der Waals surface area contributed by atoms with Crippen LogP contribution in [0.15, 0.2) is 0 Å². The van der Waals surface area contributed by atoms with Crippen molar-refractivity contribution in [1.82, 2.24) is 4.90 Å². The van der Waals surface area contributed by atoms with Crippen molar-refractivity contribution in [3.05, 3.63) is 0 Å². The summed E-state index contributed by atoms with van der Waals surface area (Å²) in [7, 11) is 3.55. The first-order valence-electron chi connectivity index (χ1n) is 3.80. The van der Waals surface area contributed by atoms with E-state index in [0.29, 0.717) is 5.92 Å². The topological polar surface area (TPSA) is 20.3 Å². The number of alkyl halides is 1. The van der Waals surface area contributed by atoms with Crippen LogP contribution >= 0.6 is 15.9 Å². The quantitative estimate of drug-likeness (QED) is 0.667. The molecule has 0 aliphatic carbocycles. The summed E-state index contributed by atoms with van der Waals surface area (Å²) in [6, 6.07) is 0. The zero-order valence-electron chi connectivity index (χ0n) is 7.60. The van der Waals surface area contributed by atoms with Gasteiger partial charge >= 0.3 is 0 Å². The molecule has 3 heteroatoms. The number of nitrogens with zero attached hydrogens (tertiary/aromatic N) is 1. The van der Waals surface area contributed by atoms with Crippen LogP contribution in [0, 0.1) is 5.92 Å². The highest BCUT2D eigenvalue weighted by Gasteiger charge is 2.17. The number of rotatable bonds is 3. The van der Waals surface area contributed by atoms with Gasteiger partial charge in [0, 0.05) is 14.1 Å². The summed E-state index contributed by atoms with van der Waals surface area (Å²) in [5.41, 5.74) is 0. The van der Waals surface area contributed by atoms with Gasteiger partial charge in [-0.3, -0.25) is 4.79 Å². The summed E-state index contributed by atoms with van der Waals surface area (Å²) in [6.45, 7) is 4.22. The molecule has 0 N–H and O–H groups in total. The summed E-state index contributed by atoms with van der Waals surface area (Å²) in [4.78, 5) is 12.9. The summed E-state index contributed by atoms with van der Waals surface area (Å²) >= 11 is 3.35. The molecule has 1 amide bonds. The Morgan fingerprint density at radius 1 is 1.45 bits per heavy atom. The third-order valence-electron chi connectivity index (χ3n) is 1.39. The second kappa shape index (κ2) is 4.75. The number of carbonyl (C=O) groups is 1. The first-order valence-corrected chi connectivity index (χ1v) is 4.72. The SMILES string of the molecule is CC(C)C[C@@H](Br)C(=O)N(C)C. The van der Waals surface area contributed by atoms with E-state index < -0.39 is 0 Å². The molecule has 66 valence electrons. The number of hydrogen-bond donors (Lipinski definition) is 0. The van der Waals surface area contributed by atoms with Crippen molar-refractivity contribution in [3.8, 4) is 0 Å². The van der Waals surface area contributed by atoms with Crippen LogP contribution in [0.1, 0.15) is 20.3 Å². The third-order valence-corrected chi connectivity index (χ3v) is 2.15. The molecule has 0 spiro atoms. The number of carbonyl (C=O) groups excluding carboxylic acids is 1. The minimum atomic E-state index is -0.0162. The zero-order chi connectivity index (χ0) is 9.02. The Hall–Kier alpha value is -0.0500. The Bertz CT molecular complexity index is 134. The minimum absolute atomic E-state index is 0.0162. The molecule has 0 heterocycles. The number of amides is 1. The van der Waals surface area contributed by atoms with Crippen LogP contribution in [0.3, 0.4) is 0 Å². The zero-order valence-corrected chi connectivity index (χ0v) is 9.18. The highest BCUT2D eigenvalue weighted by Crippen LogP contribution is 2.13. The van der Waals surface area contributed by atoms with Gasteiger partial charge in [-0.2, -0.15) is 0 Å². The normalized spacial score (nSPS) is 13.3. The van der Waals surface area contributed by atoms with E-state index in [0.717, 1.165) is 6.42 Å². The van der Waals surface area contributed by atoms with Gasteiger partial charge in [-0.1, -0.05) is 29.8 Å². The summed E-state index contributed by atoms with van der Waals surface area (Å²) in [5.74, 6) is 0.710. The minimum Gasteiger partial charge on any atom is -0.348 e. The van der Waals surface area contributed by atoms with Gasteiger partial charge in [0.2, 0.25) is 5.91 Å². The lowest BCUT2D eigenvalue weighted by Crippen LogP contribution is -2.30. The Morgan fingerprint density at radius 3 is 2.18 bits per heavy atom. The average Bonchev–Trinajstić information content (AvgIpc) is 1.84. The van der Waals surface area contributed by atoms with Gasteiger partial charge in [0.25, 0.3) is 0 Å². The lowest BCUT2D eigenvalue weighted by atomic mass is 10.1. The molecule has 0 fully saturated rings. The van der Waals surface area contributed by atoms with Crippen LogP contribution in [0.5, 0.6) is 0 Å². The van der Waals surface area contributed by atoms with Crippen LogP contribution in [0.4, 0.5) is 0 Å². The van der Waals surface area contributed by atoms with Gasteiger partial charge in [-0.05, 0) is 12.3 Å². The third kappa shape index (κ3) is 4.40. The van der Waals surface area contributed by atoms with E-state index in [2.05, 4.69) is 29.8 Å². The Labute approximate surface area is 77.1 Å². The lowest BCUT2D eigenvalue weighted by molar-refractivity contribution is -0.128. The molecule has 0 aliphatic rings. The van der Waals surface area contributed by atoms with Crippen LogP contribution in [-0.2, 0) is 4.79 Å². The second-order valence-electron chi connectivity index (χ2n) is 3.33. The van der Waals surface area contributed by atoms with Crippen molar-refractivity contribution in [2.24, 2.45) is 5.92 Å². The molecule has 0 rings (SSSR count). The highest BCUT2D eigenvalue weighted by atomic mass is 79.9. The van der Waals surface area contributed by atoms with Crippen molar-refractivity contribution in [1.29, 1.82) is 0 Å². The molecular formula is C8H16BrNO. The van der Waals surface area contributed by atoms with E-state index in [4.69, 9.17) is 0 Å². The van der Waals surface area contributed by atoms with E-state index in [-0.39, 0.29) is 10.7 Å². The molecule has 0 unspecified atom stereocenters. The lowest BCUT2D eigenvalue weighted by Gasteiger charge is -2.16. The van der Waals surface area contributed by atoms with Gasteiger partial charge < -0.3 is 4.90 Å². The van der Waals surface area contributed by atoms with Crippen molar-refractivity contribution < 1.29 is 4.79 Å². The summed E-state index contributed by atoms with van der Waals surface area (Å²) in [6.07, 6.45) is 0.900. The predicted molar refractivity (Wildman–Crippen MR) is 50.9 cm³/mol. The maximum Gasteiger partial charge on any atom is 0.235 e. The molecule has 11 heavy (non-hydrogen) atoms. The van der Waals surface area contributed by atoms with E-state index in [1.165, 1.54) is 0 Å². The Morgan fingerprint density at radius 2 is 1.91 bits per heavy atom. The fourth-order valence-electron chi connectivity index (χ4n) is 0.795. The summed E-state index contributed by atoms with van der Waals surface area (Å²) in [5, 5.41) is 0. The maximum absolute atomic E-state index is 11.3. The van der Waals surface area contributed by atoms with Gasteiger partial charge in [0.1, 0.15) is 0 Å². The molecule has 0 aromatic carbocycles. The monoisotopic (exact) mass is 221 g/mol. The van der Waals surface area contributed by atoms with Gasteiger partial charge in [0.05, 0.1) is 4.83 Å². The van der Waals surface area contributed by atoms with Crippen molar-refractivity contribution in [3.63, 3.8) is 0 Å². The molecule has 0 saturated heterocycles. The maximum atomic E-state index is 11.3. The Balaban J connectivity index is 3.83. The molecule has 0 radical (unpaired) electrons. The molecule has 1 atom stereocenters. The fraction of sp³-hybridized carbons (Fsp3) is 0.875. The van der Waals surface area contributed by atoms with Crippen LogP contribution in [-0.4, -0.2) is 29.7 Å². The number of hydrogen-bond acceptors (Lipinski definition) is 1. The first kappa shape index (κ1) is 11.0. The molecule has 0 saturated carbocycles. The molecule has 0 aromatic rings. The Kier molecular flexibility index (Phi) is 4.73. The van der Waals surface area contributed by atoms with E-state index in [1.807, 2.05) is 0 Å². The molecular weight excluding hydrogens is 206 g/mol. The first-order chi connectivity index (χ1) is 4.95. The van der Waals surface area contributed by atoms with Gasteiger partial charge in [-0.25, -0.2) is 0 Å². The predicted octanol–water partition coefficient (Wildman–Crippen LogP) is 1.88. The molecule has 0 aliphatic heterocycles. The molecule has 0 bridgehead atoms. The van der Waals surface area contributed by atoms with E-state index >= 15 is 0 Å². The molecule has 0 aromatic heterocycles. The van der Waals surface area contributed by atoms with E-state index in [9.17, 15) is 4.79 Å². The largest absolute Gasteiger partial charge is 0.348 e. The van der Waals surface area contributed by atoms with Crippen LogP contribution < -0.4 is 0 Å². The second-order valence-corrected chi connectivity index (χ2v) is 4.44. The summed E-state index contributed by atoms with van der Waals surface area (Å²) < 4.78 is 0.